The lowest BCUT2D eigenvalue weighted by molar-refractivity contribution is -0.140. The summed E-state index contributed by atoms with van der Waals surface area (Å²) in [5, 5.41) is 11.2. The Morgan fingerprint density at radius 1 is 1.09 bits per heavy atom. The fourth-order valence-corrected chi connectivity index (χ4v) is 4.15. The maximum atomic E-state index is 13.2. The van der Waals surface area contributed by atoms with Crippen LogP contribution in [-0.4, -0.2) is 28.3 Å². The predicted octanol–water partition coefficient (Wildman–Crippen LogP) is 5.76. The number of benzene rings is 2. The van der Waals surface area contributed by atoms with Crippen molar-refractivity contribution >= 4 is 17.4 Å². The van der Waals surface area contributed by atoms with Crippen LogP contribution in [-0.2, 0) is 21.5 Å². The van der Waals surface area contributed by atoms with Crippen molar-refractivity contribution in [1.82, 2.24) is 4.90 Å². The molecular formula is C29H29NO5. The molecule has 6 nitrogen and oxygen atoms in total. The Hall–Kier alpha value is -4.06. The summed E-state index contributed by atoms with van der Waals surface area (Å²) >= 11 is 0. The van der Waals surface area contributed by atoms with Gasteiger partial charge in [-0.1, -0.05) is 57.7 Å². The molecule has 3 aromatic rings. The minimum Gasteiger partial charge on any atom is -0.507 e. The molecule has 1 aliphatic heterocycles. The number of carbonyl (C=O) groups is 2. The molecule has 4 rings (SSSR count). The van der Waals surface area contributed by atoms with E-state index in [1.165, 1.54) is 11.2 Å². The fraction of sp³-hybridized carbons (Fsp3) is 0.241. The number of furan rings is 1. The molecule has 35 heavy (non-hydrogen) atoms. The lowest BCUT2D eigenvalue weighted by Gasteiger charge is -2.26. The molecule has 1 N–H and O–H groups in total. The summed E-state index contributed by atoms with van der Waals surface area (Å²) in [6, 6.07) is 17.2. The second-order valence-electron chi connectivity index (χ2n) is 9.50. The molecule has 1 saturated heterocycles. The predicted molar refractivity (Wildman–Crippen MR) is 134 cm³/mol. The summed E-state index contributed by atoms with van der Waals surface area (Å²) in [6.07, 6.45) is 3.16. The van der Waals surface area contributed by atoms with Crippen molar-refractivity contribution in [2.24, 2.45) is 0 Å². The number of aliphatic hydroxyl groups is 1. The molecule has 0 spiro atoms. The van der Waals surface area contributed by atoms with Crippen LogP contribution < -0.4 is 4.74 Å². The highest BCUT2D eigenvalue weighted by Gasteiger charge is 2.46. The highest BCUT2D eigenvalue weighted by molar-refractivity contribution is 6.46. The highest BCUT2D eigenvalue weighted by Crippen LogP contribution is 2.41. The van der Waals surface area contributed by atoms with E-state index in [0.29, 0.717) is 23.7 Å². The second-order valence-corrected chi connectivity index (χ2v) is 9.50. The number of rotatable bonds is 7. The molecule has 1 atom stereocenters. The van der Waals surface area contributed by atoms with E-state index in [9.17, 15) is 14.7 Å². The number of hydrogen-bond donors (Lipinski definition) is 1. The van der Waals surface area contributed by atoms with Crippen LogP contribution in [0.15, 0.2) is 89.6 Å². The van der Waals surface area contributed by atoms with E-state index in [1.54, 1.807) is 42.5 Å². The normalized spacial score (nSPS) is 17.6. The molecule has 0 bridgehead atoms. The standard InChI is InChI=1S/C29H29NO5/c1-5-16-34-22-14-10-20(11-15-22)26(31)24-25(19-8-12-21(13-9-19)29(2,3)4)30(28(33)27(24)32)18-23-7-6-17-35-23/h5-15,17,25,31H,1,16,18H2,2-4H3/t25-/m1/s1. The van der Waals surface area contributed by atoms with Gasteiger partial charge in [-0.3, -0.25) is 9.59 Å². The summed E-state index contributed by atoms with van der Waals surface area (Å²) in [6.45, 7) is 10.4. The summed E-state index contributed by atoms with van der Waals surface area (Å²) in [4.78, 5) is 27.8. The quantitative estimate of drug-likeness (QED) is 0.205. The Balaban J connectivity index is 1.79. The van der Waals surface area contributed by atoms with Crippen LogP contribution in [0.5, 0.6) is 5.75 Å². The first kappa shape index (κ1) is 24.1. The Morgan fingerprint density at radius 2 is 1.77 bits per heavy atom. The Labute approximate surface area is 205 Å². The fourth-order valence-electron chi connectivity index (χ4n) is 4.15. The smallest absolute Gasteiger partial charge is 0.296 e. The number of nitrogens with zero attached hydrogens (tertiary/aromatic N) is 1. The number of carbonyl (C=O) groups excluding carboxylic acids is 2. The van der Waals surface area contributed by atoms with Gasteiger partial charge in [0.25, 0.3) is 11.7 Å². The van der Waals surface area contributed by atoms with Gasteiger partial charge in [-0.25, -0.2) is 0 Å². The molecule has 2 aromatic carbocycles. The van der Waals surface area contributed by atoms with Gasteiger partial charge in [0.2, 0.25) is 0 Å². The number of likely N-dealkylation sites (tertiary alicyclic amines) is 1. The molecule has 180 valence electrons. The SMILES string of the molecule is C=CCOc1ccc(C(O)=C2C(=O)C(=O)N(Cc3ccco3)[C@@H]2c2ccc(C(C)(C)C)cc2)cc1. The monoisotopic (exact) mass is 471 g/mol. The summed E-state index contributed by atoms with van der Waals surface area (Å²) in [7, 11) is 0. The van der Waals surface area contributed by atoms with Crippen molar-refractivity contribution in [3.63, 3.8) is 0 Å². The Kier molecular flexibility index (Phi) is 6.65. The lowest BCUT2D eigenvalue weighted by Crippen LogP contribution is -2.29. The maximum Gasteiger partial charge on any atom is 0.296 e. The van der Waals surface area contributed by atoms with Crippen molar-refractivity contribution in [2.45, 2.75) is 38.8 Å². The van der Waals surface area contributed by atoms with Crippen LogP contribution >= 0.6 is 0 Å². The Morgan fingerprint density at radius 3 is 2.34 bits per heavy atom. The van der Waals surface area contributed by atoms with E-state index in [4.69, 9.17) is 9.15 Å². The molecule has 1 aliphatic rings. The van der Waals surface area contributed by atoms with Crippen LogP contribution in [0.1, 0.15) is 49.3 Å². The zero-order valence-corrected chi connectivity index (χ0v) is 20.2. The average Bonchev–Trinajstić information content (AvgIpc) is 3.44. The number of ether oxygens (including phenoxy) is 1. The van der Waals surface area contributed by atoms with E-state index in [-0.39, 0.29) is 23.3 Å². The molecule has 1 amide bonds. The van der Waals surface area contributed by atoms with Gasteiger partial charge < -0.3 is 19.2 Å². The van der Waals surface area contributed by atoms with Crippen molar-refractivity contribution < 1.29 is 23.8 Å². The molecule has 0 unspecified atom stereocenters. The van der Waals surface area contributed by atoms with E-state index in [1.807, 2.05) is 24.3 Å². The van der Waals surface area contributed by atoms with Crippen LogP contribution in [0.3, 0.4) is 0 Å². The van der Waals surface area contributed by atoms with Gasteiger partial charge in [-0.05, 0) is 52.9 Å². The highest BCUT2D eigenvalue weighted by atomic mass is 16.5. The molecule has 0 saturated carbocycles. The van der Waals surface area contributed by atoms with Gasteiger partial charge in [0.05, 0.1) is 24.4 Å². The Bertz CT molecular complexity index is 1250. The van der Waals surface area contributed by atoms with E-state index in [0.717, 1.165) is 11.1 Å². The molecule has 6 heteroatoms. The molecule has 1 aromatic heterocycles. The van der Waals surface area contributed by atoms with Crippen molar-refractivity contribution in [3.05, 3.63) is 108 Å². The summed E-state index contributed by atoms with van der Waals surface area (Å²) < 4.78 is 11.0. The second kappa shape index (κ2) is 9.66. The molecule has 2 heterocycles. The number of hydrogen-bond acceptors (Lipinski definition) is 5. The minimum absolute atomic E-state index is 0.0461. The van der Waals surface area contributed by atoms with Gasteiger partial charge in [0, 0.05) is 5.56 Å². The topological polar surface area (TPSA) is 80.0 Å². The van der Waals surface area contributed by atoms with Gasteiger partial charge in [0.15, 0.2) is 0 Å². The van der Waals surface area contributed by atoms with E-state index < -0.39 is 17.7 Å². The van der Waals surface area contributed by atoms with Gasteiger partial charge in [-0.2, -0.15) is 0 Å². The number of ketones is 1. The van der Waals surface area contributed by atoms with Crippen molar-refractivity contribution in [3.8, 4) is 5.75 Å². The first-order chi connectivity index (χ1) is 16.7. The summed E-state index contributed by atoms with van der Waals surface area (Å²) in [5.41, 5.74) is 2.27. The van der Waals surface area contributed by atoms with Gasteiger partial charge in [0.1, 0.15) is 23.9 Å². The average molecular weight is 472 g/mol. The van der Waals surface area contributed by atoms with Crippen LogP contribution in [0.25, 0.3) is 5.76 Å². The third-order valence-corrected chi connectivity index (χ3v) is 6.03. The molecule has 0 radical (unpaired) electrons. The van der Waals surface area contributed by atoms with Crippen LogP contribution in [0.4, 0.5) is 0 Å². The van der Waals surface area contributed by atoms with Crippen LogP contribution in [0, 0.1) is 0 Å². The third kappa shape index (κ3) is 4.92. The zero-order chi connectivity index (χ0) is 25.2. The lowest BCUT2D eigenvalue weighted by atomic mass is 9.85. The molecule has 0 aliphatic carbocycles. The third-order valence-electron chi connectivity index (χ3n) is 6.03. The number of amides is 1. The van der Waals surface area contributed by atoms with E-state index >= 15 is 0 Å². The molecule has 1 fully saturated rings. The van der Waals surface area contributed by atoms with E-state index in [2.05, 4.69) is 27.4 Å². The van der Waals surface area contributed by atoms with Gasteiger partial charge >= 0.3 is 0 Å². The molecular weight excluding hydrogens is 442 g/mol. The number of Topliss-reactive ketones (excluding diaryl/α,β-unsaturated/α-hetero) is 1. The largest absolute Gasteiger partial charge is 0.507 e. The summed E-state index contributed by atoms with van der Waals surface area (Å²) in [5.74, 6) is -0.490. The number of aliphatic hydroxyl groups excluding tert-OH is 1. The van der Waals surface area contributed by atoms with Crippen molar-refractivity contribution in [1.29, 1.82) is 0 Å². The maximum absolute atomic E-state index is 13.2. The zero-order valence-electron chi connectivity index (χ0n) is 20.2. The first-order valence-electron chi connectivity index (χ1n) is 11.5. The first-order valence-corrected chi connectivity index (χ1v) is 11.5. The van der Waals surface area contributed by atoms with Crippen molar-refractivity contribution in [2.75, 3.05) is 6.61 Å². The van der Waals surface area contributed by atoms with Gasteiger partial charge in [-0.15, -0.1) is 0 Å². The van der Waals surface area contributed by atoms with Crippen LogP contribution in [0.2, 0.25) is 0 Å². The minimum atomic E-state index is -0.759.